The molecule has 0 bridgehead atoms. The summed E-state index contributed by atoms with van der Waals surface area (Å²) < 4.78 is 0. The fourth-order valence-electron chi connectivity index (χ4n) is 1.91. The molecule has 2 rings (SSSR count). The average molecular weight is 296 g/mol. The Kier molecular flexibility index (Phi) is 4.29. The van der Waals surface area contributed by atoms with Crippen LogP contribution in [0.15, 0.2) is 23.1 Å². The zero-order valence-electron chi connectivity index (χ0n) is 11.1. The van der Waals surface area contributed by atoms with Crippen LogP contribution >= 0.6 is 11.8 Å². The predicted molar refractivity (Wildman–Crippen MR) is 76.0 cm³/mol. The van der Waals surface area contributed by atoms with Gasteiger partial charge in [0.2, 0.25) is 0 Å². The van der Waals surface area contributed by atoms with E-state index in [4.69, 9.17) is 0 Å². The van der Waals surface area contributed by atoms with Gasteiger partial charge in [-0.1, -0.05) is 0 Å². The molecule has 1 aliphatic rings. The highest BCUT2D eigenvalue weighted by molar-refractivity contribution is 7.98. The second kappa shape index (κ2) is 5.80. The maximum absolute atomic E-state index is 12.1. The van der Waals surface area contributed by atoms with Gasteiger partial charge in [-0.15, -0.1) is 11.8 Å². The third kappa shape index (κ3) is 3.10. The minimum atomic E-state index is -0.558. The van der Waals surface area contributed by atoms with Gasteiger partial charge in [-0.3, -0.25) is 14.9 Å². The Hall–Kier alpha value is -1.60. The number of thioether (sulfide) groups is 1. The number of nitrogens with one attached hydrogen (secondary N) is 1. The van der Waals surface area contributed by atoms with Crippen LogP contribution in [0.2, 0.25) is 0 Å². The van der Waals surface area contributed by atoms with Crippen molar-refractivity contribution >= 4 is 23.4 Å². The number of aliphatic hydroxyl groups is 1. The van der Waals surface area contributed by atoms with Crippen LogP contribution in [-0.4, -0.2) is 35.3 Å². The standard InChI is InChI=1S/C13H16N2O4S/c1-20-9-2-3-11(15(18)19)10(6-9)12(17)14-7-13(8-16)4-5-13/h2-3,6,16H,4-5,7-8H2,1H3,(H,14,17). The van der Waals surface area contributed by atoms with E-state index in [1.165, 1.54) is 23.9 Å². The summed E-state index contributed by atoms with van der Waals surface area (Å²) in [5, 5.41) is 22.9. The van der Waals surface area contributed by atoms with Gasteiger partial charge in [0.15, 0.2) is 0 Å². The number of carbonyl (C=O) groups excluding carboxylic acids is 1. The van der Waals surface area contributed by atoms with Crippen LogP contribution in [0.4, 0.5) is 5.69 Å². The van der Waals surface area contributed by atoms with Crippen LogP contribution in [0, 0.1) is 15.5 Å². The summed E-state index contributed by atoms with van der Waals surface area (Å²) in [5.41, 5.74) is -0.355. The van der Waals surface area contributed by atoms with E-state index in [0.29, 0.717) is 6.54 Å². The van der Waals surface area contributed by atoms with Crippen molar-refractivity contribution in [3.8, 4) is 0 Å². The molecular weight excluding hydrogens is 280 g/mol. The highest BCUT2D eigenvalue weighted by Crippen LogP contribution is 2.44. The third-order valence-corrected chi connectivity index (χ3v) is 4.29. The van der Waals surface area contributed by atoms with Crippen molar-refractivity contribution in [2.75, 3.05) is 19.4 Å². The summed E-state index contributed by atoms with van der Waals surface area (Å²) in [6.07, 6.45) is 3.58. The van der Waals surface area contributed by atoms with Gasteiger partial charge in [-0.05, 0) is 31.2 Å². The molecule has 0 aliphatic heterocycles. The first-order valence-electron chi connectivity index (χ1n) is 6.23. The van der Waals surface area contributed by atoms with E-state index in [2.05, 4.69) is 5.32 Å². The van der Waals surface area contributed by atoms with Crippen molar-refractivity contribution in [1.82, 2.24) is 5.32 Å². The second-order valence-corrected chi connectivity index (χ2v) is 5.86. The molecule has 1 amide bonds. The van der Waals surface area contributed by atoms with Crippen molar-refractivity contribution in [3.63, 3.8) is 0 Å². The third-order valence-electron chi connectivity index (χ3n) is 3.56. The molecular formula is C13H16N2O4S. The second-order valence-electron chi connectivity index (χ2n) is 4.98. The summed E-state index contributed by atoms with van der Waals surface area (Å²) in [5.74, 6) is -0.465. The summed E-state index contributed by atoms with van der Waals surface area (Å²) in [4.78, 5) is 23.3. The van der Waals surface area contributed by atoms with E-state index in [-0.39, 0.29) is 23.3 Å². The Morgan fingerprint density at radius 2 is 2.25 bits per heavy atom. The number of nitro benzene ring substituents is 1. The van der Waals surface area contributed by atoms with E-state index in [1.807, 2.05) is 6.26 Å². The number of rotatable bonds is 6. The molecule has 7 heteroatoms. The highest BCUT2D eigenvalue weighted by atomic mass is 32.2. The lowest BCUT2D eigenvalue weighted by molar-refractivity contribution is -0.385. The molecule has 1 saturated carbocycles. The summed E-state index contributed by atoms with van der Waals surface area (Å²) in [7, 11) is 0. The van der Waals surface area contributed by atoms with Crippen molar-refractivity contribution in [1.29, 1.82) is 0 Å². The first-order valence-corrected chi connectivity index (χ1v) is 7.45. The van der Waals surface area contributed by atoms with Gasteiger partial charge >= 0.3 is 0 Å². The fraction of sp³-hybridized carbons (Fsp3) is 0.462. The lowest BCUT2D eigenvalue weighted by Gasteiger charge is -2.13. The minimum Gasteiger partial charge on any atom is -0.396 e. The van der Waals surface area contributed by atoms with Crippen LogP contribution in [0.1, 0.15) is 23.2 Å². The topological polar surface area (TPSA) is 92.5 Å². The molecule has 20 heavy (non-hydrogen) atoms. The number of hydrogen-bond donors (Lipinski definition) is 2. The number of nitro groups is 1. The van der Waals surface area contributed by atoms with Crippen molar-refractivity contribution in [3.05, 3.63) is 33.9 Å². The molecule has 1 fully saturated rings. The summed E-state index contributed by atoms with van der Waals surface area (Å²) >= 11 is 1.42. The van der Waals surface area contributed by atoms with Crippen LogP contribution in [-0.2, 0) is 0 Å². The molecule has 0 aromatic heterocycles. The number of hydrogen-bond acceptors (Lipinski definition) is 5. The van der Waals surface area contributed by atoms with Crippen LogP contribution in [0.5, 0.6) is 0 Å². The Balaban J connectivity index is 2.16. The first kappa shape index (κ1) is 14.8. The van der Waals surface area contributed by atoms with E-state index in [9.17, 15) is 20.0 Å². The lowest BCUT2D eigenvalue weighted by atomic mass is 10.1. The first-order chi connectivity index (χ1) is 9.51. The van der Waals surface area contributed by atoms with Gasteiger partial charge in [0.05, 0.1) is 11.5 Å². The smallest absolute Gasteiger partial charge is 0.282 e. The van der Waals surface area contributed by atoms with E-state index >= 15 is 0 Å². The van der Waals surface area contributed by atoms with Gasteiger partial charge < -0.3 is 10.4 Å². The SMILES string of the molecule is CSc1ccc([N+](=O)[O-])c(C(=O)NCC2(CO)CC2)c1. The van der Waals surface area contributed by atoms with E-state index < -0.39 is 10.8 Å². The molecule has 6 nitrogen and oxygen atoms in total. The van der Waals surface area contributed by atoms with Crippen LogP contribution in [0.25, 0.3) is 0 Å². The molecule has 1 aromatic carbocycles. The normalized spacial score (nSPS) is 15.7. The molecule has 0 saturated heterocycles. The van der Waals surface area contributed by atoms with Gasteiger partial charge in [0.25, 0.3) is 11.6 Å². The van der Waals surface area contributed by atoms with E-state index in [1.54, 1.807) is 6.07 Å². The zero-order valence-corrected chi connectivity index (χ0v) is 11.9. The van der Waals surface area contributed by atoms with Crippen molar-refractivity contribution < 1.29 is 14.8 Å². The summed E-state index contributed by atoms with van der Waals surface area (Å²) in [6, 6.07) is 4.49. The van der Waals surface area contributed by atoms with Gasteiger partial charge in [-0.25, -0.2) is 0 Å². The molecule has 1 aromatic rings. The Bertz CT molecular complexity index is 543. The van der Waals surface area contributed by atoms with Crippen LogP contribution in [0.3, 0.4) is 0 Å². The zero-order chi connectivity index (χ0) is 14.8. The summed E-state index contributed by atoms with van der Waals surface area (Å²) in [6.45, 7) is 0.378. The molecule has 0 unspecified atom stereocenters. The predicted octanol–water partition coefficient (Wildman–Crippen LogP) is 1.82. The molecule has 108 valence electrons. The monoisotopic (exact) mass is 296 g/mol. The Labute approximate surface area is 120 Å². The van der Waals surface area contributed by atoms with Gasteiger partial charge in [0.1, 0.15) is 5.56 Å². The number of carbonyl (C=O) groups is 1. The van der Waals surface area contributed by atoms with Gasteiger partial charge in [0, 0.05) is 22.9 Å². The number of benzene rings is 1. The van der Waals surface area contributed by atoms with Gasteiger partial charge in [-0.2, -0.15) is 0 Å². The molecule has 0 spiro atoms. The number of amides is 1. The Morgan fingerprint density at radius 3 is 2.75 bits per heavy atom. The number of nitrogens with zero attached hydrogens (tertiary/aromatic N) is 1. The largest absolute Gasteiger partial charge is 0.396 e. The molecule has 2 N–H and O–H groups in total. The van der Waals surface area contributed by atoms with E-state index in [0.717, 1.165) is 17.7 Å². The molecule has 1 aliphatic carbocycles. The fourth-order valence-corrected chi connectivity index (χ4v) is 2.35. The molecule has 0 radical (unpaired) electrons. The highest BCUT2D eigenvalue weighted by Gasteiger charge is 2.42. The van der Waals surface area contributed by atoms with Crippen molar-refractivity contribution in [2.45, 2.75) is 17.7 Å². The quantitative estimate of drug-likeness (QED) is 0.474. The maximum Gasteiger partial charge on any atom is 0.282 e. The van der Waals surface area contributed by atoms with Crippen LogP contribution < -0.4 is 5.32 Å². The molecule has 0 heterocycles. The maximum atomic E-state index is 12.1. The molecule has 0 atom stereocenters. The minimum absolute atomic E-state index is 0.0280. The lowest BCUT2D eigenvalue weighted by Crippen LogP contribution is -2.32. The number of aliphatic hydroxyl groups excluding tert-OH is 1. The van der Waals surface area contributed by atoms with Crippen molar-refractivity contribution in [2.24, 2.45) is 5.41 Å². The average Bonchev–Trinajstić information content (AvgIpc) is 3.24. The Morgan fingerprint density at radius 1 is 1.55 bits per heavy atom.